The van der Waals surface area contributed by atoms with E-state index in [0.29, 0.717) is 76.9 Å². The monoisotopic (exact) mass is 792 g/mol. The Labute approximate surface area is 327 Å². The van der Waals surface area contributed by atoms with Gasteiger partial charge in [0, 0.05) is 67.1 Å². The highest BCUT2D eigenvalue weighted by Gasteiger charge is 2.46. The van der Waals surface area contributed by atoms with E-state index in [0.717, 1.165) is 17.5 Å². The number of nitrogens with one attached hydrogen (secondary N) is 4. The van der Waals surface area contributed by atoms with E-state index in [2.05, 4.69) is 21.3 Å². The fourth-order valence-corrected chi connectivity index (χ4v) is 8.57. The quantitative estimate of drug-likeness (QED) is 0.115. The van der Waals surface area contributed by atoms with Crippen molar-refractivity contribution in [2.45, 2.75) is 61.6 Å². The first-order chi connectivity index (χ1) is 26.1. The Bertz CT molecular complexity index is 2170. The van der Waals surface area contributed by atoms with Crippen LogP contribution in [0.1, 0.15) is 53.8 Å². The maximum Gasteiger partial charge on any atom is 0.220 e. The molecule has 4 N–H and O–H groups in total. The first-order valence-corrected chi connectivity index (χ1v) is 19.0. The van der Waals surface area contributed by atoms with Crippen molar-refractivity contribution < 1.29 is 23.5 Å². The third-order valence-electron chi connectivity index (χ3n) is 10.3. The summed E-state index contributed by atoms with van der Waals surface area (Å²) in [5, 5.41) is 13.2. The summed E-state index contributed by atoms with van der Waals surface area (Å²) in [6.07, 6.45) is 8.10. The summed E-state index contributed by atoms with van der Waals surface area (Å²) in [6, 6.07) is 14.3. The second kappa shape index (κ2) is 16.2. The van der Waals surface area contributed by atoms with E-state index in [-0.39, 0.29) is 47.6 Å². The molecule has 2 amide bonds. The first-order valence-electron chi connectivity index (χ1n) is 17.8. The number of halogens is 4. The molecule has 2 aromatic heterocycles. The third-order valence-corrected chi connectivity index (χ3v) is 11.5. The normalized spacial score (nSPS) is 22.3. The lowest BCUT2D eigenvalue weighted by Crippen LogP contribution is -2.40. The van der Waals surface area contributed by atoms with Crippen LogP contribution in [-0.2, 0) is 28.1 Å². The summed E-state index contributed by atoms with van der Waals surface area (Å²) in [4.78, 5) is 33.4. The van der Waals surface area contributed by atoms with Gasteiger partial charge in [-0.3, -0.25) is 9.59 Å². The molecule has 2 saturated heterocycles. The Kier molecular flexibility index (Phi) is 11.4. The third kappa shape index (κ3) is 7.40. The lowest BCUT2D eigenvalue weighted by atomic mass is 9.70. The minimum absolute atomic E-state index is 0.00899. The van der Waals surface area contributed by atoms with Gasteiger partial charge in [-0.05, 0) is 54.3 Å². The zero-order valence-corrected chi connectivity index (χ0v) is 32.0. The van der Waals surface area contributed by atoms with Gasteiger partial charge in [-0.1, -0.05) is 59.6 Å². The predicted octanol–water partition coefficient (Wildman–Crippen LogP) is 6.38. The minimum Gasteiger partial charge on any atom is -0.496 e. The maximum absolute atomic E-state index is 16.4. The largest absolute Gasteiger partial charge is 0.496 e. The van der Waals surface area contributed by atoms with Crippen LogP contribution in [0.5, 0.6) is 11.6 Å². The van der Waals surface area contributed by atoms with Crippen LogP contribution in [0.2, 0.25) is 10.0 Å². The van der Waals surface area contributed by atoms with Crippen molar-refractivity contribution >= 4 is 63.1 Å². The number of allylic oxidation sites excluding steroid dienone is 4. The topological polar surface area (TPSA) is 126 Å². The van der Waals surface area contributed by atoms with E-state index in [9.17, 15) is 9.59 Å². The fraction of sp³-hybridized carbons (Fsp3) is 0.350. The summed E-state index contributed by atoms with van der Waals surface area (Å²) in [6.45, 7) is 1.66. The number of methoxy groups -OCH3 is 2. The van der Waals surface area contributed by atoms with Crippen LogP contribution in [0.25, 0.3) is 16.5 Å². The number of fused-ring (bicyclic) bond motifs is 1. The second-order valence-electron chi connectivity index (χ2n) is 13.7. The van der Waals surface area contributed by atoms with Gasteiger partial charge in [-0.2, -0.15) is 0 Å². The minimum atomic E-state index is -1.32. The second-order valence-corrected chi connectivity index (χ2v) is 14.9. The van der Waals surface area contributed by atoms with Gasteiger partial charge in [0.15, 0.2) is 0 Å². The zero-order chi connectivity index (χ0) is 38.0. The molecule has 2 aliphatic heterocycles. The molecule has 14 heteroatoms. The molecule has 0 bridgehead atoms. The molecule has 282 valence electrons. The first kappa shape index (κ1) is 38.0. The summed E-state index contributed by atoms with van der Waals surface area (Å²) >= 11 is 21.3. The standard InChI is InChI=1S/C40H40Cl3FN6O4/c1-53-37-22(18-45-19-23-9-13-34(51)47-23)16-30(42)36-27(37)11-12-32(49-36)40(15-5-7-26(38(40)43)25-6-3-4-8-29(25)41)33-17-31(44)28(39(50-33)54-2)21-46-20-24-10-14-35(52)48-24/h3-8,11-12,15-17,23-24,38,45-46H,9-10,13-14,18-21H2,1-2H3,(H,47,51)(H,48,52)/t23-,24+,38?,40?/m0/s1. The van der Waals surface area contributed by atoms with E-state index in [1.165, 1.54) is 13.2 Å². The summed E-state index contributed by atoms with van der Waals surface area (Å²) in [5.74, 6) is 0.220. The number of aromatic nitrogens is 2. The Balaban J connectivity index is 1.29. The highest BCUT2D eigenvalue weighted by molar-refractivity contribution is 6.35. The smallest absolute Gasteiger partial charge is 0.220 e. The summed E-state index contributed by atoms with van der Waals surface area (Å²) < 4.78 is 28.0. The molecule has 1 aliphatic carbocycles. The van der Waals surface area contributed by atoms with Crippen LogP contribution in [0, 0.1) is 5.82 Å². The van der Waals surface area contributed by atoms with Gasteiger partial charge in [0.05, 0.1) is 52.5 Å². The molecule has 0 spiro atoms. The number of hydrogen-bond acceptors (Lipinski definition) is 8. The average Bonchev–Trinajstić information content (AvgIpc) is 3.79. The van der Waals surface area contributed by atoms with Crippen LogP contribution in [0.3, 0.4) is 0 Å². The van der Waals surface area contributed by atoms with Crippen LogP contribution in [0.4, 0.5) is 4.39 Å². The molecule has 3 aliphatic rings. The van der Waals surface area contributed by atoms with E-state index >= 15 is 4.39 Å². The Morgan fingerprint density at radius 3 is 2.24 bits per heavy atom. The Morgan fingerprint density at radius 1 is 0.889 bits per heavy atom. The van der Waals surface area contributed by atoms with Gasteiger partial charge in [-0.25, -0.2) is 14.4 Å². The predicted molar refractivity (Wildman–Crippen MR) is 209 cm³/mol. The number of rotatable bonds is 13. The van der Waals surface area contributed by atoms with Crippen LogP contribution >= 0.6 is 34.8 Å². The Hall–Kier alpha value is -4.26. The van der Waals surface area contributed by atoms with Crippen molar-refractivity contribution in [3.63, 3.8) is 0 Å². The van der Waals surface area contributed by atoms with Crippen molar-refractivity contribution in [2.24, 2.45) is 0 Å². The SMILES string of the molecule is COc1nc(C2(c3ccc4c(OC)c(CNC[C@@H]5CCC(=O)N5)cc(Cl)c4n3)C=CC=C(c3ccccc3Cl)C2Cl)cc(F)c1CNC[C@H]1CCC(=O)N1. The van der Waals surface area contributed by atoms with E-state index in [1.54, 1.807) is 13.2 Å². The summed E-state index contributed by atoms with van der Waals surface area (Å²) in [5.41, 5.74) is 2.36. The average molecular weight is 794 g/mol. The van der Waals surface area contributed by atoms with Gasteiger partial charge in [0.1, 0.15) is 11.6 Å². The highest BCUT2D eigenvalue weighted by atomic mass is 35.5. The number of alkyl halides is 1. The highest BCUT2D eigenvalue weighted by Crippen LogP contribution is 2.49. The number of pyridine rings is 2. The summed E-state index contributed by atoms with van der Waals surface area (Å²) in [7, 11) is 3.04. The van der Waals surface area contributed by atoms with Crippen molar-refractivity contribution in [1.82, 2.24) is 31.2 Å². The molecule has 2 unspecified atom stereocenters. The lowest BCUT2D eigenvalue weighted by Gasteiger charge is -2.38. The molecule has 4 aromatic rings. The van der Waals surface area contributed by atoms with Gasteiger partial charge in [0.25, 0.3) is 0 Å². The molecule has 7 rings (SSSR count). The van der Waals surface area contributed by atoms with Crippen LogP contribution < -0.4 is 30.7 Å². The fourth-order valence-electron chi connectivity index (χ4n) is 7.56. The van der Waals surface area contributed by atoms with Gasteiger partial charge < -0.3 is 30.7 Å². The van der Waals surface area contributed by atoms with Crippen molar-refractivity contribution in [3.8, 4) is 11.6 Å². The number of amides is 2. The maximum atomic E-state index is 16.4. The molecule has 2 fully saturated rings. The van der Waals surface area contributed by atoms with Crippen LogP contribution in [-0.4, -0.2) is 66.6 Å². The van der Waals surface area contributed by atoms with Crippen LogP contribution in [0.15, 0.2) is 66.8 Å². The molecule has 10 nitrogen and oxygen atoms in total. The van der Waals surface area contributed by atoms with E-state index in [1.807, 2.05) is 54.6 Å². The van der Waals surface area contributed by atoms with Crippen molar-refractivity contribution in [1.29, 1.82) is 0 Å². The molecule has 4 heterocycles. The van der Waals surface area contributed by atoms with Gasteiger partial charge in [0.2, 0.25) is 17.7 Å². The molecule has 4 atom stereocenters. The lowest BCUT2D eigenvalue weighted by molar-refractivity contribution is -0.120. The number of benzene rings is 2. The van der Waals surface area contributed by atoms with Crippen molar-refractivity contribution in [3.05, 3.63) is 111 Å². The zero-order valence-electron chi connectivity index (χ0n) is 29.8. The van der Waals surface area contributed by atoms with Gasteiger partial charge in [-0.15, -0.1) is 11.6 Å². The molecule has 0 radical (unpaired) electrons. The van der Waals surface area contributed by atoms with Crippen molar-refractivity contribution in [2.75, 3.05) is 27.3 Å². The molecule has 2 aromatic carbocycles. The number of hydrogen-bond donors (Lipinski definition) is 4. The molecule has 0 saturated carbocycles. The number of carbonyl (C=O) groups excluding carboxylic acids is 2. The molecular weight excluding hydrogens is 754 g/mol. The van der Waals surface area contributed by atoms with E-state index < -0.39 is 16.6 Å². The molecule has 54 heavy (non-hydrogen) atoms. The molecular formula is C40H40Cl3FN6O4. The Morgan fingerprint density at radius 2 is 1.59 bits per heavy atom. The van der Waals surface area contributed by atoms with Gasteiger partial charge >= 0.3 is 0 Å². The number of carbonyl (C=O) groups is 2. The number of nitrogens with zero attached hydrogens (tertiary/aromatic N) is 2. The van der Waals surface area contributed by atoms with E-state index in [4.69, 9.17) is 54.2 Å². The number of ether oxygens (including phenoxy) is 2.